The van der Waals surface area contributed by atoms with E-state index in [4.69, 9.17) is 4.74 Å². The van der Waals surface area contributed by atoms with Crippen LogP contribution in [0.2, 0.25) is 0 Å². The van der Waals surface area contributed by atoms with Gasteiger partial charge in [0.2, 0.25) is 0 Å². The van der Waals surface area contributed by atoms with Gasteiger partial charge in [0.25, 0.3) is 0 Å². The Morgan fingerprint density at radius 1 is 1.21 bits per heavy atom. The van der Waals surface area contributed by atoms with E-state index in [-0.39, 0.29) is 0 Å². The summed E-state index contributed by atoms with van der Waals surface area (Å²) < 4.78 is 4.99. The van der Waals surface area contributed by atoms with E-state index in [0.29, 0.717) is 0 Å². The summed E-state index contributed by atoms with van der Waals surface area (Å²) in [5, 5.41) is 6.70. The third-order valence-electron chi connectivity index (χ3n) is 2.85. The standard InChI is InChI=1S/C15H20N2OS/c1-18-11-10-16-9-5-8-15-17-14(12-19-15)13-6-3-2-4-7-13/h2-4,6-7,12,16H,5,8-11H2,1H3. The lowest BCUT2D eigenvalue weighted by molar-refractivity contribution is 0.199. The van der Waals surface area contributed by atoms with Gasteiger partial charge in [-0.25, -0.2) is 4.98 Å². The normalized spacial score (nSPS) is 10.8. The van der Waals surface area contributed by atoms with Crippen molar-refractivity contribution in [2.45, 2.75) is 12.8 Å². The summed E-state index contributed by atoms with van der Waals surface area (Å²) >= 11 is 1.75. The maximum Gasteiger partial charge on any atom is 0.0933 e. The molecule has 102 valence electrons. The predicted molar refractivity (Wildman–Crippen MR) is 80.6 cm³/mol. The Balaban J connectivity index is 1.75. The first-order valence-electron chi connectivity index (χ1n) is 6.59. The molecule has 1 heterocycles. The van der Waals surface area contributed by atoms with Crippen LogP contribution in [0, 0.1) is 0 Å². The van der Waals surface area contributed by atoms with Crippen LogP contribution < -0.4 is 5.32 Å². The molecule has 2 aromatic rings. The van der Waals surface area contributed by atoms with E-state index in [2.05, 4.69) is 27.8 Å². The molecule has 0 saturated carbocycles. The van der Waals surface area contributed by atoms with Crippen LogP contribution >= 0.6 is 11.3 Å². The lowest BCUT2D eigenvalue weighted by Gasteiger charge is -2.02. The number of hydrogen-bond donors (Lipinski definition) is 1. The molecule has 0 atom stereocenters. The molecule has 3 nitrogen and oxygen atoms in total. The highest BCUT2D eigenvalue weighted by Gasteiger charge is 2.03. The Hall–Kier alpha value is -1.23. The van der Waals surface area contributed by atoms with Crippen molar-refractivity contribution in [2.24, 2.45) is 0 Å². The fourth-order valence-electron chi connectivity index (χ4n) is 1.83. The van der Waals surface area contributed by atoms with E-state index in [1.165, 1.54) is 10.6 Å². The van der Waals surface area contributed by atoms with Crippen molar-refractivity contribution in [3.05, 3.63) is 40.7 Å². The second kappa shape index (κ2) is 8.04. The first-order chi connectivity index (χ1) is 9.40. The van der Waals surface area contributed by atoms with Crippen molar-refractivity contribution in [3.63, 3.8) is 0 Å². The molecule has 4 heteroatoms. The van der Waals surface area contributed by atoms with Crippen molar-refractivity contribution < 1.29 is 4.74 Å². The molecule has 0 fully saturated rings. The van der Waals surface area contributed by atoms with Crippen LogP contribution in [0.4, 0.5) is 0 Å². The Morgan fingerprint density at radius 2 is 2.05 bits per heavy atom. The lowest BCUT2D eigenvalue weighted by Crippen LogP contribution is -2.20. The average Bonchev–Trinajstić information content (AvgIpc) is 2.92. The first-order valence-corrected chi connectivity index (χ1v) is 7.47. The zero-order chi connectivity index (χ0) is 13.3. The Morgan fingerprint density at radius 3 is 2.84 bits per heavy atom. The molecule has 0 aliphatic heterocycles. The van der Waals surface area contributed by atoms with E-state index in [9.17, 15) is 0 Å². The highest BCUT2D eigenvalue weighted by atomic mass is 32.1. The molecule has 0 aliphatic rings. The van der Waals surface area contributed by atoms with Crippen LogP contribution in [0.25, 0.3) is 11.3 Å². The zero-order valence-electron chi connectivity index (χ0n) is 11.3. The number of hydrogen-bond acceptors (Lipinski definition) is 4. The fourth-order valence-corrected chi connectivity index (χ4v) is 2.68. The molecule has 0 amide bonds. The van der Waals surface area contributed by atoms with Gasteiger partial charge in [-0.2, -0.15) is 0 Å². The third-order valence-corrected chi connectivity index (χ3v) is 3.76. The van der Waals surface area contributed by atoms with Crippen molar-refractivity contribution in [1.82, 2.24) is 10.3 Å². The van der Waals surface area contributed by atoms with E-state index < -0.39 is 0 Å². The summed E-state index contributed by atoms with van der Waals surface area (Å²) in [5.74, 6) is 0. The van der Waals surface area contributed by atoms with Gasteiger partial charge in [0.05, 0.1) is 17.3 Å². The van der Waals surface area contributed by atoms with Gasteiger partial charge in [0, 0.05) is 31.0 Å². The fraction of sp³-hybridized carbons (Fsp3) is 0.400. The number of thiazole rings is 1. The van der Waals surface area contributed by atoms with Crippen molar-refractivity contribution in [1.29, 1.82) is 0 Å². The monoisotopic (exact) mass is 276 g/mol. The summed E-state index contributed by atoms with van der Waals surface area (Å²) in [5.41, 5.74) is 2.29. The summed E-state index contributed by atoms with van der Waals surface area (Å²) in [7, 11) is 1.72. The predicted octanol–water partition coefficient (Wildman–Crippen LogP) is 2.98. The highest BCUT2D eigenvalue weighted by molar-refractivity contribution is 7.09. The van der Waals surface area contributed by atoms with Crippen LogP contribution in [0.1, 0.15) is 11.4 Å². The Kier molecular flexibility index (Phi) is 6.01. The van der Waals surface area contributed by atoms with Gasteiger partial charge in [-0.1, -0.05) is 30.3 Å². The topological polar surface area (TPSA) is 34.1 Å². The number of nitrogens with one attached hydrogen (secondary N) is 1. The summed E-state index contributed by atoms with van der Waals surface area (Å²) in [6.07, 6.45) is 2.16. The molecule has 2 rings (SSSR count). The quantitative estimate of drug-likeness (QED) is 0.753. The van der Waals surface area contributed by atoms with Gasteiger partial charge in [-0.05, 0) is 13.0 Å². The lowest BCUT2D eigenvalue weighted by atomic mass is 10.2. The second-order valence-electron chi connectivity index (χ2n) is 4.34. The number of benzene rings is 1. The second-order valence-corrected chi connectivity index (χ2v) is 5.28. The minimum Gasteiger partial charge on any atom is -0.383 e. The number of ether oxygens (including phenoxy) is 1. The molecule has 1 aromatic carbocycles. The van der Waals surface area contributed by atoms with Gasteiger partial charge >= 0.3 is 0 Å². The maximum atomic E-state index is 4.99. The smallest absolute Gasteiger partial charge is 0.0933 e. The number of methoxy groups -OCH3 is 1. The van der Waals surface area contributed by atoms with Crippen LogP contribution in [-0.2, 0) is 11.2 Å². The molecule has 0 aliphatic carbocycles. The van der Waals surface area contributed by atoms with Crippen molar-refractivity contribution in [2.75, 3.05) is 26.8 Å². The largest absolute Gasteiger partial charge is 0.383 e. The first kappa shape index (κ1) is 14.2. The number of nitrogens with zero attached hydrogens (tertiary/aromatic N) is 1. The van der Waals surface area contributed by atoms with Crippen LogP contribution in [0.15, 0.2) is 35.7 Å². The van der Waals surface area contributed by atoms with Crippen LogP contribution in [0.3, 0.4) is 0 Å². The maximum absolute atomic E-state index is 4.99. The minimum absolute atomic E-state index is 0.773. The van der Waals surface area contributed by atoms with Crippen molar-refractivity contribution in [3.8, 4) is 11.3 Å². The Bertz CT molecular complexity index is 470. The highest BCUT2D eigenvalue weighted by Crippen LogP contribution is 2.22. The molecule has 0 spiro atoms. The average molecular weight is 276 g/mol. The van der Waals surface area contributed by atoms with E-state index >= 15 is 0 Å². The molecule has 0 bridgehead atoms. The van der Waals surface area contributed by atoms with Gasteiger partial charge in [-0.3, -0.25) is 0 Å². The minimum atomic E-state index is 0.773. The number of rotatable bonds is 8. The molecular formula is C15H20N2OS. The molecule has 1 N–H and O–H groups in total. The van der Waals surface area contributed by atoms with E-state index in [0.717, 1.165) is 38.2 Å². The zero-order valence-corrected chi connectivity index (χ0v) is 12.1. The van der Waals surface area contributed by atoms with E-state index in [1.54, 1.807) is 18.4 Å². The van der Waals surface area contributed by atoms with Crippen LogP contribution in [-0.4, -0.2) is 31.8 Å². The molecule has 19 heavy (non-hydrogen) atoms. The molecule has 0 radical (unpaired) electrons. The van der Waals surface area contributed by atoms with Crippen LogP contribution in [0.5, 0.6) is 0 Å². The third kappa shape index (κ3) is 4.74. The van der Waals surface area contributed by atoms with E-state index in [1.807, 2.05) is 18.2 Å². The molecular weight excluding hydrogens is 256 g/mol. The molecule has 1 aromatic heterocycles. The van der Waals surface area contributed by atoms with Gasteiger partial charge in [-0.15, -0.1) is 11.3 Å². The van der Waals surface area contributed by atoms with Crippen molar-refractivity contribution >= 4 is 11.3 Å². The molecule has 0 unspecified atom stereocenters. The number of aromatic nitrogens is 1. The Labute approximate surface area is 118 Å². The summed E-state index contributed by atoms with van der Waals surface area (Å²) in [4.78, 5) is 4.68. The number of aryl methyl sites for hydroxylation is 1. The van der Waals surface area contributed by atoms with Gasteiger partial charge < -0.3 is 10.1 Å². The summed E-state index contributed by atoms with van der Waals surface area (Å²) in [6, 6.07) is 10.3. The van der Waals surface area contributed by atoms with Gasteiger partial charge in [0.1, 0.15) is 0 Å². The van der Waals surface area contributed by atoms with Gasteiger partial charge in [0.15, 0.2) is 0 Å². The SMILES string of the molecule is COCCNCCCc1nc(-c2ccccc2)cs1. The molecule has 0 saturated heterocycles. The summed E-state index contributed by atoms with van der Waals surface area (Å²) in [6.45, 7) is 2.71.